The van der Waals surface area contributed by atoms with E-state index in [-0.39, 0.29) is 0 Å². The number of ether oxygens (including phenoxy) is 1. The summed E-state index contributed by atoms with van der Waals surface area (Å²) in [5, 5.41) is 8.84. The maximum absolute atomic E-state index is 5.17. The molecule has 1 heterocycles. The van der Waals surface area contributed by atoms with Crippen LogP contribution in [0.15, 0.2) is 40.7 Å². The van der Waals surface area contributed by atoms with E-state index in [0.29, 0.717) is 0 Å². The average Bonchev–Trinajstić information content (AvgIpc) is 3.00. The summed E-state index contributed by atoms with van der Waals surface area (Å²) in [6.45, 7) is 3.86. The summed E-state index contributed by atoms with van der Waals surface area (Å²) in [5.41, 5.74) is 2.65. The molecule has 5 heteroatoms. The number of guanidine groups is 1. The first-order chi connectivity index (χ1) is 11.2. The van der Waals surface area contributed by atoms with Crippen molar-refractivity contribution in [2.45, 2.75) is 26.3 Å². The highest BCUT2D eigenvalue weighted by Crippen LogP contribution is 2.14. The fraction of sp³-hybridized carbons (Fsp3) is 0.389. The van der Waals surface area contributed by atoms with Gasteiger partial charge in [-0.3, -0.25) is 4.99 Å². The van der Waals surface area contributed by atoms with Crippen LogP contribution in [-0.2, 0) is 13.0 Å². The van der Waals surface area contributed by atoms with E-state index in [4.69, 9.17) is 4.74 Å². The number of aliphatic imine (C=N–C) groups is 1. The number of hydrogen-bond donors (Lipinski definition) is 2. The van der Waals surface area contributed by atoms with Gasteiger partial charge in [-0.05, 0) is 54.5 Å². The third-order valence-corrected chi connectivity index (χ3v) is 4.72. The van der Waals surface area contributed by atoms with E-state index in [1.54, 1.807) is 25.5 Å². The molecule has 0 aliphatic heterocycles. The largest absolute Gasteiger partial charge is 0.497 e. The summed E-state index contributed by atoms with van der Waals surface area (Å²) < 4.78 is 5.17. The Hall–Kier alpha value is -2.01. The molecular weight excluding hydrogens is 306 g/mol. The van der Waals surface area contributed by atoms with Crippen molar-refractivity contribution < 1.29 is 4.74 Å². The number of nitrogens with zero attached hydrogens (tertiary/aromatic N) is 1. The maximum Gasteiger partial charge on any atom is 0.191 e. The van der Waals surface area contributed by atoms with E-state index in [1.807, 2.05) is 12.1 Å². The molecule has 2 N–H and O–H groups in total. The number of aryl methyl sites for hydroxylation is 2. The number of thiophene rings is 1. The molecule has 2 rings (SSSR count). The van der Waals surface area contributed by atoms with Crippen LogP contribution in [0.2, 0.25) is 0 Å². The number of hydrogen-bond acceptors (Lipinski definition) is 3. The number of benzene rings is 1. The zero-order valence-corrected chi connectivity index (χ0v) is 14.9. The van der Waals surface area contributed by atoms with E-state index in [1.165, 1.54) is 16.0 Å². The Balaban J connectivity index is 1.68. The quantitative estimate of drug-likeness (QED) is 0.464. The number of methoxy groups -OCH3 is 1. The zero-order valence-electron chi connectivity index (χ0n) is 14.1. The van der Waals surface area contributed by atoms with Crippen LogP contribution < -0.4 is 15.4 Å². The molecule has 0 radical (unpaired) electrons. The summed E-state index contributed by atoms with van der Waals surface area (Å²) in [6, 6.07) is 10.4. The molecule has 124 valence electrons. The molecule has 1 aromatic heterocycles. The Morgan fingerprint density at radius 2 is 1.96 bits per heavy atom. The second kappa shape index (κ2) is 9.20. The lowest BCUT2D eigenvalue weighted by Crippen LogP contribution is -2.37. The van der Waals surface area contributed by atoms with Crippen LogP contribution in [0.25, 0.3) is 0 Å². The van der Waals surface area contributed by atoms with Crippen LogP contribution in [0.3, 0.4) is 0 Å². The fourth-order valence-electron chi connectivity index (χ4n) is 2.26. The normalized spacial score (nSPS) is 11.3. The van der Waals surface area contributed by atoms with Crippen molar-refractivity contribution in [3.63, 3.8) is 0 Å². The highest BCUT2D eigenvalue weighted by atomic mass is 32.1. The minimum atomic E-state index is 0.821. The van der Waals surface area contributed by atoms with Gasteiger partial charge in [0.25, 0.3) is 0 Å². The summed E-state index contributed by atoms with van der Waals surface area (Å²) in [6.07, 6.45) is 2.10. The summed E-state index contributed by atoms with van der Waals surface area (Å²) in [5.74, 6) is 1.76. The molecule has 0 aliphatic rings. The smallest absolute Gasteiger partial charge is 0.191 e. The molecule has 2 aromatic rings. The third-order valence-electron chi connectivity index (χ3n) is 3.70. The van der Waals surface area contributed by atoms with Crippen LogP contribution in [-0.4, -0.2) is 26.7 Å². The molecule has 0 spiro atoms. The topological polar surface area (TPSA) is 45.7 Å². The molecule has 1 aromatic carbocycles. The SMILES string of the molecule is CN=C(NCCCc1ccc(OC)cc1)NCc1sccc1C. The molecule has 23 heavy (non-hydrogen) atoms. The predicted octanol–water partition coefficient (Wildman–Crippen LogP) is 3.36. The molecule has 0 amide bonds. The first-order valence-corrected chi connectivity index (χ1v) is 8.71. The Morgan fingerprint density at radius 1 is 1.17 bits per heavy atom. The van der Waals surface area contributed by atoms with Gasteiger partial charge in [-0.15, -0.1) is 11.3 Å². The van der Waals surface area contributed by atoms with Crippen molar-refractivity contribution in [1.29, 1.82) is 0 Å². The van der Waals surface area contributed by atoms with Gasteiger partial charge in [-0.1, -0.05) is 12.1 Å². The molecule has 0 aliphatic carbocycles. The van der Waals surface area contributed by atoms with Crippen LogP contribution in [0, 0.1) is 6.92 Å². The first kappa shape index (κ1) is 17.3. The van der Waals surface area contributed by atoms with E-state index in [0.717, 1.165) is 37.6 Å². The maximum atomic E-state index is 5.17. The standard InChI is InChI=1S/C18H25N3OS/c1-14-10-12-23-17(14)13-21-18(19-2)20-11-4-5-15-6-8-16(22-3)9-7-15/h6-10,12H,4-5,11,13H2,1-3H3,(H2,19,20,21). The summed E-state index contributed by atoms with van der Waals surface area (Å²) in [7, 11) is 3.50. The second-order valence-corrected chi connectivity index (χ2v) is 6.33. The van der Waals surface area contributed by atoms with Crippen molar-refractivity contribution in [2.24, 2.45) is 4.99 Å². The van der Waals surface area contributed by atoms with Gasteiger partial charge in [-0.25, -0.2) is 0 Å². The third kappa shape index (κ3) is 5.60. The molecule has 0 fully saturated rings. The van der Waals surface area contributed by atoms with Crippen molar-refractivity contribution in [3.8, 4) is 5.75 Å². The van der Waals surface area contributed by atoms with Gasteiger partial charge in [-0.2, -0.15) is 0 Å². The van der Waals surface area contributed by atoms with Gasteiger partial charge < -0.3 is 15.4 Å². The molecular formula is C18H25N3OS. The minimum Gasteiger partial charge on any atom is -0.497 e. The molecule has 0 saturated heterocycles. The summed E-state index contributed by atoms with van der Waals surface area (Å²) in [4.78, 5) is 5.62. The lowest BCUT2D eigenvalue weighted by atomic mass is 10.1. The number of nitrogens with one attached hydrogen (secondary N) is 2. The highest BCUT2D eigenvalue weighted by molar-refractivity contribution is 7.10. The Morgan fingerprint density at radius 3 is 2.57 bits per heavy atom. The molecule has 0 saturated carbocycles. The van der Waals surface area contributed by atoms with Crippen molar-refractivity contribution >= 4 is 17.3 Å². The van der Waals surface area contributed by atoms with E-state index < -0.39 is 0 Å². The van der Waals surface area contributed by atoms with Crippen LogP contribution >= 0.6 is 11.3 Å². The molecule has 0 atom stereocenters. The average molecular weight is 331 g/mol. The van der Waals surface area contributed by atoms with Gasteiger partial charge in [0.05, 0.1) is 13.7 Å². The van der Waals surface area contributed by atoms with Crippen LogP contribution in [0.5, 0.6) is 5.75 Å². The van der Waals surface area contributed by atoms with Gasteiger partial charge in [0, 0.05) is 18.5 Å². The van der Waals surface area contributed by atoms with Crippen molar-refractivity contribution in [3.05, 3.63) is 51.7 Å². The Labute approximate surface area is 142 Å². The number of rotatable bonds is 7. The molecule has 0 unspecified atom stereocenters. The van der Waals surface area contributed by atoms with Crippen molar-refractivity contribution in [2.75, 3.05) is 20.7 Å². The van der Waals surface area contributed by atoms with Crippen molar-refractivity contribution in [1.82, 2.24) is 10.6 Å². The zero-order chi connectivity index (χ0) is 16.5. The Kier molecular flexibility index (Phi) is 6.94. The van der Waals surface area contributed by atoms with Crippen LogP contribution in [0.1, 0.15) is 22.4 Å². The van der Waals surface area contributed by atoms with E-state index in [9.17, 15) is 0 Å². The second-order valence-electron chi connectivity index (χ2n) is 5.33. The van der Waals surface area contributed by atoms with E-state index in [2.05, 4.69) is 46.1 Å². The minimum absolute atomic E-state index is 0.821. The highest BCUT2D eigenvalue weighted by Gasteiger charge is 2.02. The summed E-state index contributed by atoms with van der Waals surface area (Å²) >= 11 is 1.78. The first-order valence-electron chi connectivity index (χ1n) is 7.83. The van der Waals surface area contributed by atoms with Gasteiger partial charge >= 0.3 is 0 Å². The molecule has 0 bridgehead atoms. The lowest BCUT2D eigenvalue weighted by Gasteiger charge is -2.11. The Bertz CT molecular complexity index is 619. The van der Waals surface area contributed by atoms with Gasteiger partial charge in [0.1, 0.15) is 5.75 Å². The predicted molar refractivity (Wildman–Crippen MR) is 98.6 cm³/mol. The van der Waals surface area contributed by atoms with Gasteiger partial charge in [0.15, 0.2) is 5.96 Å². The molecule has 4 nitrogen and oxygen atoms in total. The van der Waals surface area contributed by atoms with Gasteiger partial charge in [0.2, 0.25) is 0 Å². The van der Waals surface area contributed by atoms with E-state index >= 15 is 0 Å². The fourth-order valence-corrected chi connectivity index (χ4v) is 3.11. The van der Waals surface area contributed by atoms with Crippen LogP contribution in [0.4, 0.5) is 0 Å². The monoisotopic (exact) mass is 331 g/mol. The lowest BCUT2D eigenvalue weighted by molar-refractivity contribution is 0.414.